The molecule has 1 aliphatic carbocycles. The van der Waals surface area contributed by atoms with Crippen LogP contribution in [0, 0.1) is 17.8 Å². The van der Waals surface area contributed by atoms with Gasteiger partial charge in [0, 0.05) is 18.6 Å². The smallest absolute Gasteiger partial charge is 0.0101 e. The molecule has 1 heteroatoms. The van der Waals surface area contributed by atoms with Gasteiger partial charge in [-0.15, -0.1) is 0 Å². The van der Waals surface area contributed by atoms with E-state index in [1.165, 1.54) is 32.2 Å². The molecule has 0 N–H and O–H groups in total. The molecule has 1 nitrogen and oxygen atoms in total. The third-order valence-electron chi connectivity index (χ3n) is 4.70. The molecule has 3 aliphatic rings. The Morgan fingerprint density at radius 2 is 1.80 bits per heavy atom. The SMILES string of the molecule is CC(C)C1CC2CCCC1CN2C(C)C. The summed E-state index contributed by atoms with van der Waals surface area (Å²) in [5.41, 5.74) is 0. The number of hydrogen-bond acceptors (Lipinski definition) is 1. The van der Waals surface area contributed by atoms with Gasteiger partial charge in [-0.3, -0.25) is 4.90 Å². The van der Waals surface area contributed by atoms with E-state index in [9.17, 15) is 0 Å². The standard InChI is InChI=1S/C14H27N/c1-10(2)14-8-13-7-5-6-12(14)9-15(13)11(3)4/h10-14H,5-9H2,1-4H3. The van der Waals surface area contributed by atoms with Crippen LogP contribution in [0.2, 0.25) is 0 Å². The van der Waals surface area contributed by atoms with E-state index in [1.807, 2.05) is 0 Å². The molecule has 0 amide bonds. The summed E-state index contributed by atoms with van der Waals surface area (Å²) in [5, 5.41) is 0. The largest absolute Gasteiger partial charge is 0.298 e. The Hall–Kier alpha value is -0.0400. The Bertz CT molecular complexity index is 187. The first kappa shape index (κ1) is 11.4. The second-order valence-electron chi connectivity index (χ2n) is 6.28. The maximum atomic E-state index is 2.77. The zero-order chi connectivity index (χ0) is 11.0. The maximum Gasteiger partial charge on any atom is 0.0101 e. The van der Waals surface area contributed by atoms with E-state index in [2.05, 4.69) is 32.6 Å². The minimum absolute atomic E-state index is 0.753. The number of hydrogen-bond donors (Lipinski definition) is 0. The van der Waals surface area contributed by atoms with Crippen molar-refractivity contribution in [1.82, 2.24) is 4.90 Å². The topological polar surface area (TPSA) is 3.24 Å². The van der Waals surface area contributed by atoms with Gasteiger partial charge < -0.3 is 0 Å². The first-order valence-electron chi connectivity index (χ1n) is 6.85. The lowest BCUT2D eigenvalue weighted by molar-refractivity contribution is 0.0356. The number of fused-ring (bicyclic) bond motifs is 4. The molecular formula is C14H27N. The van der Waals surface area contributed by atoms with Crippen molar-refractivity contribution in [3.05, 3.63) is 0 Å². The molecule has 15 heavy (non-hydrogen) atoms. The van der Waals surface area contributed by atoms with Crippen LogP contribution < -0.4 is 0 Å². The van der Waals surface area contributed by atoms with Gasteiger partial charge in [0.05, 0.1) is 0 Å². The van der Waals surface area contributed by atoms with Crippen LogP contribution in [0.1, 0.15) is 53.4 Å². The minimum Gasteiger partial charge on any atom is -0.298 e. The van der Waals surface area contributed by atoms with Crippen molar-refractivity contribution in [2.24, 2.45) is 17.8 Å². The monoisotopic (exact) mass is 209 g/mol. The predicted molar refractivity (Wildman–Crippen MR) is 65.9 cm³/mol. The summed E-state index contributed by atoms with van der Waals surface area (Å²) in [6.45, 7) is 11.0. The van der Waals surface area contributed by atoms with Gasteiger partial charge in [-0.25, -0.2) is 0 Å². The highest BCUT2D eigenvalue weighted by molar-refractivity contribution is 4.92. The second kappa shape index (κ2) is 4.45. The van der Waals surface area contributed by atoms with E-state index in [-0.39, 0.29) is 0 Å². The lowest BCUT2D eigenvalue weighted by Crippen LogP contribution is -2.49. The van der Waals surface area contributed by atoms with E-state index in [4.69, 9.17) is 0 Å². The van der Waals surface area contributed by atoms with E-state index in [0.29, 0.717) is 0 Å². The van der Waals surface area contributed by atoms with Gasteiger partial charge in [0.1, 0.15) is 0 Å². The Labute approximate surface area is 95.2 Å². The van der Waals surface area contributed by atoms with Gasteiger partial charge in [0.15, 0.2) is 0 Å². The molecule has 2 bridgehead atoms. The molecule has 2 aliphatic heterocycles. The molecule has 0 aromatic heterocycles. The normalized spacial score (nSPS) is 37.6. The van der Waals surface area contributed by atoms with Crippen molar-refractivity contribution >= 4 is 0 Å². The van der Waals surface area contributed by atoms with Crippen LogP contribution in [0.15, 0.2) is 0 Å². The van der Waals surface area contributed by atoms with Gasteiger partial charge in [-0.1, -0.05) is 20.3 Å². The van der Waals surface area contributed by atoms with Crippen LogP contribution in [-0.4, -0.2) is 23.5 Å². The van der Waals surface area contributed by atoms with Gasteiger partial charge in [-0.05, 0) is 50.9 Å². The number of nitrogens with zero attached hydrogens (tertiary/aromatic N) is 1. The summed E-state index contributed by atoms with van der Waals surface area (Å²) in [6.07, 6.45) is 5.89. The number of rotatable bonds is 2. The maximum absolute atomic E-state index is 2.77. The Morgan fingerprint density at radius 3 is 2.40 bits per heavy atom. The Morgan fingerprint density at radius 1 is 1.07 bits per heavy atom. The highest BCUT2D eigenvalue weighted by Crippen LogP contribution is 2.41. The van der Waals surface area contributed by atoms with Gasteiger partial charge >= 0.3 is 0 Å². The summed E-state index contributed by atoms with van der Waals surface area (Å²) in [7, 11) is 0. The van der Waals surface area contributed by atoms with Gasteiger partial charge in [0.2, 0.25) is 0 Å². The fourth-order valence-electron chi connectivity index (χ4n) is 3.85. The molecule has 3 atom stereocenters. The Kier molecular flexibility index (Phi) is 3.39. The zero-order valence-corrected chi connectivity index (χ0v) is 10.9. The van der Waals surface area contributed by atoms with Crippen molar-refractivity contribution in [1.29, 1.82) is 0 Å². The van der Waals surface area contributed by atoms with Crippen LogP contribution in [0.4, 0.5) is 0 Å². The summed E-state index contributed by atoms with van der Waals surface area (Å²) in [5.74, 6) is 2.89. The first-order chi connectivity index (χ1) is 7.09. The molecule has 2 saturated heterocycles. The van der Waals surface area contributed by atoms with Crippen LogP contribution in [0.5, 0.6) is 0 Å². The molecule has 3 unspecified atom stereocenters. The summed E-state index contributed by atoms with van der Waals surface area (Å²) >= 11 is 0. The lowest BCUT2D eigenvalue weighted by atomic mass is 9.76. The average molecular weight is 209 g/mol. The van der Waals surface area contributed by atoms with Crippen LogP contribution in [0.3, 0.4) is 0 Å². The van der Waals surface area contributed by atoms with Gasteiger partial charge in [-0.2, -0.15) is 0 Å². The fourth-order valence-corrected chi connectivity index (χ4v) is 3.85. The lowest BCUT2D eigenvalue weighted by Gasteiger charge is -2.45. The summed E-state index contributed by atoms with van der Waals surface area (Å²) < 4.78 is 0. The highest BCUT2D eigenvalue weighted by Gasteiger charge is 2.39. The third-order valence-corrected chi connectivity index (χ3v) is 4.70. The quantitative estimate of drug-likeness (QED) is 0.672. The minimum atomic E-state index is 0.753. The molecule has 0 aromatic carbocycles. The molecule has 0 radical (unpaired) electrons. The van der Waals surface area contributed by atoms with E-state index in [0.717, 1.165) is 29.8 Å². The zero-order valence-electron chi connectivity index (χ0n) is 10.9. The van der Waals surface area contributed by atoms with Gasteiger partial charge in [0.25, 0.3) is 0 Å². The fraction of sp³-hybridized carbons (Fsp3) is 1.00. The van der Waals surface area contributed by atoms with E-state index in [1.54, 1.807) is 0 Å². The summed E-state index contributed by atoms with van der Waals surface area (Å²) in [6, 6.07) is 1.65. The van der Waals surface area contributed by atoms with Crippen molar-refractivity contribution < 1.29 is 0 Å². The van der Waals surface area contributed by atoms with Crippen LogP contribution in [0.25, 0.3) is 0 Å². The molecule has 0 spiro atoms. The predicted octanol–water partition coefficient (Wildman–Crippen LogP) is 3.54. The van der Waals surface area contributed by atoms with E-state index < -0.39 is 0 Å². The molecule has 0 aromatic rings. The first-order valence-corrected chi connectivity index (χ1v) is 6.85. The molecule has 3 rings (SSSR count). The third kappa shape index (κ3) is 2.22. The van der Waals surface area contributed by atoms with E-state index >= 15 is 0 Å². The average Bonchev–Trinajstić information content (AvgIpc) is 2.48. The highest BCUT2D eigenvalue weighted by atomic mass is 15.2. The van der Waals surface area contributed by atoms with Crippen molar-refractivity contribution in [2.45, 2.75) is 65.5 Å². The van der Waals surface area contributed by atoms with Crippen LogP contribution >= 0.6 is 0 Å². The van der Waals surface area contributed by atoms with Crippen LogP contribution in [-0.2, 0) is 0 Å². The molecular weight excluding hydrogens is 182 g/mol. The molecule has 1 saturated carbocycles. The van der Waals surface area contributed by atoms with Crippen molar-refractivity contribution in [3.8, 4) is 0 Å². The van der Waals surface area contributed by atoms with Crippen molar-refractivity contribution in [2.75, 3.05) is 6.54 Å². The summed E-state index contributed by atoms with van der Waals surface area (Å²) in [4.78, 5) is 2.77. The van der Waals surface area contributed by atoms with Crippen molar-refractivity contribution in [3.63, 3.8) is 0 Å². The molecule has 88 valence electrons. The second-order valence-corrected chi connectivity index (χ2v) is 6.28. The Balaban J connectivity index is 2.11. The molecule has 2 heterocycles. The number of piperidine rings is 1. The molecule has 3 fully saturated rings.